The molecule has 1 heterocycles. The Kier molecular flexibility index (Phi) is 3.51. The van der Waals surface area contributed by atoms with Gasteiger partial charge in [0.05, 0.1) is 17.1 Å². The number of hydrogen-bond acceptors (Lipinski definition) is 4. The molecule has 7 nitrogen and oxygen atoms in total. The van der Waals surface area contributed by atoms with Crippen molar-refractivity contribution in [3.63, 3.8) is 0 Å². The Bertz CT molecular complexity index is 848. The van der Waals surface area contributed by atoms with Crippen LogP contribution in [0.5, 0.6) is 0 Å². The number of para-hydroxylation sites is 2. The molecule has 0 aromatic heterocycles. The number of urea groups is 1. The van der Waals surface area contributed by atoms with Crippen molar-refractivity contribution in [1.82, 2.24) is 0 Å². The van der Waals surface area contributed by atoms with Gasteiger partial charge in [0.15, 0.2) is 0 Å². The molecule has 3 N–H and O–H groups in total. The van der Waals surface area contributed by atoms with Crippen LogP contribution in [0.2, 0.25) is 0 Å². The molecule has 0 radical (unpaired) electrons. The predicted molar refractivity (Wildman–Crippen MR) is 86.2 cm³/mol. The van der Waals surface area contributed by atoms with Crippen molar-refractivity contribution < 1.29 is 13.2 Å². The van der Waals surface area contributed by atoms with Crippen LogP contribution in [0.3, 0.4) is 0 Å². The standard InChI is InChI=1S/C14H12N4O3S/c19-14(16-10-5-2-1-3-6-10)17-12-8-4-7-11-13(12)18-22(20,21)9-15-11/h1-9,18H,(H2,16,17,19). The maximum absolute atomic E-state index is 12.0. The lowest BCUT2D eigenvalue weighted by molar-refractivity contribution is 0.262. The Morgan fingerprint density at radius 2 is 1.77 bits per heavy atom. The number of carbonyl (C=O) groups is 1. The topological polar surface area (TPSA) is 99.7 Å². The lowest BCUT2D eigenvalue weighted by Crippen LogP contribution is -2.22. The molecule has 1 aliphatic heterocycles. The second kappa shape index (κ2) is 5.49. The normalized spacial score (nSPS) is 14.5. The molecular weight excluding hydrogens is 304 g/mol. The third-order valence-electron chi connectivity index (χ3n) is 2.90. The van der Waals surface area contributed by atoms with Crippen LogP contribution < -0.4 is 15.4 Å². The second-order valence-electron chi connectivity index (χ2n) is 4.53. The minimum Gasteiger partial charge on any atom is -0.308 e. The fourth-order valence-electron chi connectivity index (χ4n) is 1.96. The van der Waals surface area contributed by atoms with Gasteiger partial charge in [-0.3, -0.25) is 4.72 Å². The number of amides is 2. The molecule has 0 aliphatic carbocycles. The van der Waals surface area contributed by atoms with Crippen LogP contribution in [-0.2, 0) is 10.0 Å². The van der Waals surface area contributed by atoms with E-state index < -0.39 is 16.1 Å². The second-order valence-corrected chi connectivity index (χ2v) is 6.03. The first-order chi connectivity index (χ1) is 10.5. The molecule has 2 amide bonds. The van der Waals surface area contributed by atoms with Gasteiger partial charge >= 0.3 is 6.03 Å². The first kappa shape index (κ1) is 14.1. The predicted octanol–water partition coefficient (Wildman–Crippen LogP) is 2.75. The van der Waals surface area contributed by atoms with Crippen LogP contribution in [0.25, 0.3) is 0 Å². The molecule has 0 atom stereocenters. The quantitative estimate of drug-likeness (QED) is 0.794. The Hall–Kier alpha value is -2.87. The Balaban J connectivity index is 1.82. The highest BCUT2D eigenvalue weighted by Crippen LogP contribution is 2.35. The molecule has 3 rings (SSSR count). The van der Waals surface area contributed by atoms with E-state index in [0.717, 1.165) is 5.55 Å². The van der Waals surface area contributed by atoms with E-state index in [1.807, 2.05) is 6.07 Å². The van der Waals surface area contributed by atoms with E-state index in [2.05, 4.69) is 20.3 Å². The molecular formula is C14H12N4O3S. The highest BCUT2D eigenvalue weighted by molar-refractivity contribution is 8.05. The molecule has 0 saturated carbocycles. The first-order valence-corrected chi connectivity index (χ1v) is 7.91. The largest absolute Gasteiger partial charge is 0.323 e. The molecule has 0 spiro atoms. The van der Waals surface area contributed by atoms with Gasteiger partial charge in [0, 0.05) is 5.69 Å². The summed E-state index contributed by atoms with van der Waals surface area (Å²) in [7, 11) is -3.63. The van der Waals surface area contributed by atoms with Crippen molar-refractivity contribution in [2.24, 2.45) is 4.99 Å². The highest BCUT2D eigenvalue weighted by Gasteiger charge is 2.19. The van der Waals surface area contributed by atoms with Crippen molar-refractivity contribution >= 4 is 44.4 Å². The zero-order chi connectivity index (χ0) is 15.6. The van der Waals surface area contributed by atoms with Gasteiger partial charge in [-0.25, -0.2) is 18.2 Å². The van der Waals surface area contributed by atoms with Gasteiger partial charge < -0.3 is 10.6 Å². The van der Waals surface area contributed by atoms with Crippen LogP contribution >= 0.6 is 0 Å². The number of fused-ring (bicyclic) bond motifs is 1. The van der Waals surface area contributed by atoms with Crippen LogP contribution in [0.1, 0.15) is 0 Å². The summed E-state index contributed by atoms with van der Waals surface area (Å²) < 4.78 is 25.5. The molecule has 0 bridgehead atoms. The van der Waals surface area contributed by atoms with E-state index in [-0.39, 0.29) is 5.69 Å². The van der Waals surface area contributed by atoms with Gasteiger partial charge in [-0.15, -0.1) is 0 Å². The summed E-state index contributed by atoms with van der Waals surface area (Å²) in [6.45, 7) is 0. The summed E-state index contributed by atoms with van der Waals surface area (Å²) in [6, 6.07) is 13.3. The smallest absolute Gasteiger partial charge is 0.308 e. The summed E-state index contributed by atoms with van der Waals surface area (Å²) >= 11 is 0. The number of rotatable bonds is 2. The molecule has 112 valence electrons. The lowest BCUT2D eigenvalue weighted by atomic mass is 10.2. The highest BCUT2D eigenvalue weighted by atomic mass is 32.2. The van der Waals surface area contributed by atoms with Crippen molar-refractivity contribution in [3.8, 4) is 0 Å². The van der Waals surface area contributed by atoms with Gasteiger partial charge in [-0.2, -0.15) is 0 Å². The summed E-state index contributed by atoms with van der Waals surface area (Å²) in [4.78, 5) is 15.8. The Morgan fingerprint density at radius 3 is 2.55 bits per heavy atom. The fraction of sp³-hybridized carbons (Fsp3) is 0. The molecule has 2 aromatic rings. The molecule has 0 fully saturated rings. The Morgan fingerprint density at radius 1 is 1.00 bits per heavy atom. The van der Waals surface area contributed by atoms with Gasteiger partial charge in [-0.1, -0.05) is 24.3 Å². The number of carbonyl (C=O) groups excluding carboxylic acids is 1. The third kappa shape index (κ3) is 3.07. The van der Waals surface area contributed by atoms with E-state index in [4.69, 9.17) is 0 Å². The van der Waals surface area contributed by atoms with Crippen molar-refractivity contribution in [1.29, 1.82) is 0 Å². The number of nitrogens with zero attached hydrogens (tertiary/aromatic N) is 1. The number of aliphatic imine (C=N–C) groups is 1. The number of anilines is 3. The van der Waals surface area contributed by atoms with E-state index in [0.29, 0.717) is 17.1 Å². The molecule has 2 aromatic carbocycles. The zero-order valence-corrected chi connectivity index (χ0v) is 12.1. The Labute approximate surface area is 127 Å². The molecule has 8 heteroatoms. The number of benzene rings is 2. The minimum absolute atomic E-state index is 0.244. The number of hydrogen-bond donors (Lipinski definition) is 3. The van der Waals surface area contributed by atoms with Crippen molar-refractivity contribution in [2.75, 3.05) is 15.4 Å². The van der Waals surface area contributed by atoms with Gasteiger partial charge in [0.1, 0.15) is 5.55 Å². The van der Waals surface area contributed by atoms with Crippen LogP contribution in [0, 0.1) is 0 Å². The summed E-state index contributed by atoms with van der Waals surface area (Å²) in [5, 5.41) is 5.26. The molecule has 0 saturated heterocycles. The average molecular weight is 316 g/mol. The fourth-order valence-corrected chi connectivity index (χ4v) is 2.76. The minimum atomic E-state index is -3.63. The van der Waals surface area contributed by atoms with Crippen molar-refractivity contribution in [2.45, 2.75) is 0 Å². The molecule has 22 heavy (non-hydrogen) atoms. The van der Waals surface area contributed by atoms with Crippen LogP contribution in [0.4, 0.5) is 27.5 Å². The van der Waals surface area contributed by atoms with Gasteiger partial charge in [0.2, 0.25) is 0 Å². The first-order valence-electron chi connectivity index (χ1n) is 6.36. The third-order valence-corrected chi connectivity index (χ3v) is 3.77. The molecule has 1 aliphatic rings. The van der Waals surface area contributed by atoms with Crippen molar-refractivity contribution in [3.05, 3.63) is 48.5 Å². The summed E-state index contributed by atoms with van der Waals surface area (Å²) in [5.74, 6) is 0. The maximum atomic E-state index is 12.0. The summed E-state index contributed by atoms with van der Waals surface area (Å²) in [6.07, 6.45) is 0. The van der Waals surface area contributed by atoms with Crippen LogP contribution in [-0.4, -0.2) is 20.0 Å². The lowest BCUT2D eigenvalue weighted by Gasteiger charge is -2.17. The number of sulfonamides is 1. The molecule has 0 unspecified atom stereocenters. The van der Waals surface area contributed by atoms with E-state index in [1.165, 1.54) is 0 Å². The average Bonchev–Trinajstić information content (AvgIpc) is 2.48. The van der Waals surface area contributed by atoms with Crippen LogP contribution in [0.15, 0.2) is 53.5 Å². The van der Waals surface area contributed by atoms with Gasteiger partial charge in [0.25, 0.3) is 10.0 Å². The summed E-state index contributed by atoms with van der Waals surface area (Å²) in [5.41, 5.74) is 2.47. The van der Waals surface area contributed by atoms with E-state index in [1.54, 1.807) is 42.5 Å². The van der Waals surface area contributed by atoms with E-state index in [9.17, 15) is 13.2 Å². The monoisotopic (exact) mass is 316 g/mol. The maximum Gasteiger partial charge on any atom is 0.323 e. The zero-order valence-electron chi connectivity index (χ0n) is 11.3. The SMILES string of the molecule is O=C(Nc1ccccc1)Nc1cccc2c1NS(=O)(=O)C=N2. The van der Waals surface area contributed by atoms with Gasteiger partial charge in [-0.05, 0) is 24.3 Å². The van der Waals surface area contributed by atoms with E-state index >= 15 is 0 Å². The number of nitrogens with one attached hydrogen (secondary N) is 3.